The van der Waals surface area contributed by atoms with Crippen LogP contribution in [0.4, 0.5) is 0 Å². The lowest BCUT2D eigenvalue weighted by molar-refractivity contribution is -0.121. The highest BCUT2D eigenvalue weighted by Crippen LogP contribution is 2.34. The van der Waals surface area contributed by atoms with Gasteiger partial charge in [-0.05, 0) is 48.2 Å². The van der Waals surface area contributed by atoms with Crippen molar-refractivity contribution >= 4 is 17.5 Å². The van der Waals surface area contributed by atoms with E-state index in [1.54, 1.807) is 0 Å². The van der Waals surface area contributed by atoms with E-state index in [1.807, 2.05) is 49.4 Å². The largest absolute Gasteiger partial charge is 0.486 e. The highest BCUT2D eigenvalue weighted by Gasteiger charge is 2.21. The average Bonchev–Trinajstić information content (AvgIpc) is 2.70. The second-order valence-corrected chi connectivity index (χ2v) is 7.78. The van der Waals surface area contributed by atoms with E-state index >= 15 is 0 Å². The van der Waals surface area contributed by atoms with Gasteiger partial charge in [-0.3, -0.25) is 4.79 Å². The van der Waals surface area contributed by atoms with Gasteiger partial charge in [0.05, 0.1) is 12.6 Å². The number of rotatable bonds is 7. The Bertz CT molecular complexity index is 808. The van der Waals surface area contributed by atoms with Crippen molar-refractivity contribution in [2.75, 3.05) is 19.8 Å². The highest BCUT2D eigenvalue weighted by atomic mass is 35.5. The Balaban J connectivity index is 1.60. The molecule has 6 heteroatoms. The van der Waals surface area contributed by atoms with Crippen molar-refractivity contribution in [2.24, 2.45) is 5.92 Å². The fourth-order valence-electron chi connectivity index (χ4n) is 3.23. The molecule has 2 N–H and O–H groups in total. The normalized spacial score (nSPS) is 15.2. The first-order valence-electron chi connectivity index (χ1n) is 9.62. The number of carbonyl (C=O) groups is 1. The molecule has 3 rings (SSSR count). The molecule has 1 amide bonds. The van der Waals surface area contributed by atoms with Gasteiger partial charge in [0, 0.05) is 11.1 Å². The van der Waals surface area contributed by atoms with Crippen LogP contribution in [0.3, 0.4) is 0 Å². The van der Waals surface area contributed by atoms with Crippen LogP contribution in [0.5, 0.6) is 11.5 Å². The molecule has 0 saturated heterocycles. The van der Waals surface area contributed by atoms with Crippen LogP contribution in [-0.4, -0.2) is 25.7 Å². The molecule has 0 aliphatic carbocycles. The lowest BCUT2D eigenvalue weighted by Crippen LogP contribution is -2.38. The number of amides is 1. The van der Waals surface area contributed by atoms with Crippen LogP contribution in [0.2, 0.25) is 5.02 Å². The number of benzene rings is 2. The molecule has 5 nitrogen and oxygen atoms in total. The first-order valence-corrected chi connectivity index (χ1v) is 9.99. The van der Waals surface area contributed by atoms with Crippen molar-refractivity contribution in [3.8, 4) is 11.5 Å². The predicted octanol–water partition coefficient (Wildman–Crippen LogP) is 4.28. The zero-order valence-corrected chi connectivity index (χ0v) is 17.3. The highest BCUT2D eigenvalue weighted by molar-refractivity contribution is 6.30. The fourth-order valence-corrected chi connectivity index (χ4v) is 3.35. The van der Waals surface area contributed by atoms with Gasteiger partial charge in [-0.25, -0.2) is 0 Å². The molecule has 1 aliphatic rings. The molecule has 0 aromatic heterocycles. The quantitative estimate of drug-likeness (QED) is 0.725. The molecule has 2 atom stereocenters. The molecule has 1 heterocycles. The molecule has 150 valence electrons. The number of fused-ring (bicyclic) bond motifs is 1. The molecule has 0 radical (unpaired) electrons. The summed E-state index contributed by atoms with van der Waals surface area (Å²) in [4.78, 5) is 12.6. The lowest BCUT2D eigenvalue weighted by atomic mass is 9.95. The Morgan fingerprint density at radius 2 is 1.64 bits per heavy atom. The fraction of sp³-hybridized carbons (Fsp3) is 0.409. The van der Waals surface area contributed by atoms with Crippen LogP contribution in [0.25, 0.3) is 0 Å². The molecule has 2 aromatic carbocycles. The van der Waals surface area contributed by atoms with Gasteiger partial charge >= 0.3 is 0 Å². The van der Waals surface area contributed by atoms with Crippen molar-refractivity contribution in [3.63, 3.8) is 0 Å². The Morgan fingerprint density at radius 1 is 1.00 bits per heavy atom. The van der Waals surface area contributed by atoms with Gasteiger partial charge in [-0.15, -0.1) is 0 Å². The van der Waals surface area contributed by atoms with Gasteiger partial charge in [0.15, 0.2) is 11.5 Å². The summed E-state index contributed by atoms with van der Waals surface area (Å²) in [6, 6.07) is 13.4. The van der Waals surface area contributed by atoms with Crippen LogP contribution in [-0.2, 0) is 4.79 Å². The van der Waals surface area contributed by atoms with E-state index in [1.165, 1.54) is 0 Å². The lowest BCUT2D eigenvalue weighted by Gasteiger charge is -2.26. The van der Waals surface area contributed by atoms with Crippen molar-refractivity contribution in [3.05, 3.63) is 58.6 Å². The van der Waals surface area contributed by atoms with E-state index in [2.05, 4.69) is 24.5 Å². The minimum atomic E-state index is -0.101. The smallest absolute Gasteiger partial charge is 0.234 e. The SMILES string of the molecule is CC(C)[C@@H](NC(=O)CN[C@H](C)c1ccc(Cl)cc1)c1ccc2c(c1)OCCO2. The van der Waals surface area contributed by atoms with Crippen molar-refractivity contribution in [1.29, 1.82) is 0 Å². The third-order valence-corrected chi connectivity index (χ3v) is 5.10. The summed E-state index contributed by atoms with van der Waals surface area (Å²) < 4.78 is 11.3. The van der Waals surface area contributed by atoms with Gasteiger partial charge in [0.2, 0.25) is 5.91 Å². The molecular formula is C22H27ClN2O3. The minimum Gasteiger partial charge on any atom is -0.486 e. The third kappa shape index (κ3) is 5.18. The second-order valence-electron chi connectivity index (χ2n) is 7.35. The molecule has 0 fully saturated rings. The first kappa shape index (κ1) is 20.5. The zero-order valence-electron chi connectivity index (χ0n) is 16.5. The van der Waals surface area contributed by atoms with Crippen molar-refractivity contribution < 1.29 is 14.3 Å². The van der Waals surface area contributed by atoms with E-state index in [-0.39, 0.29) is 30.5 Å². The van der Waals surface area contributed by atoms with Crippen molar-refractivity contribution in [2.45, 2.75) is 32.9 Å². The molecule has 2 aromatic rings. The maximum absolute atomic E-state index is 12.6. The van der Waals surface area contributed by atoms with Crippen LogP contribution >= 0.6 is 11.6 Å². The van der Waals surface area contributed by atoms with E-state index < -0.39 is 0 Å². The number of nitrogens with one attached hydrogen (secondary N) is 2. The molecule has 0 spiro atoms. The Kier molecular flexibility index (Phi) is 6.81. The maximum Gasteiger partial charge on any atom is 0.234 e. The van der Waals surface area contributed by atoms with Crippen LogP contribution in [0, 0.1) is 5.92 Å². The van der Waals surface area contributed by atoms with Gasteiger partial charge < -0.3 is 20.1 Å². The molecule has 0 bridgehead atoms. The summed E-state index contributed by atoms with van der Waals surface area (Å²) in [6.45, 7) is 7.54. The Labute approximate surface area is 171 Å². The topological polar surface area (TPSA) is 59.6 Å². The standard InChI is InChI=1S/C22H27ClN2O3/c1-14(2)22(17-6-9-19-20(12-17)28-11-10-27-19)25-21(26)13-24-15(3)16-4-7-18(23)8-5-16/h4-9,12,14-15,22,24H,10-11,13H2,1-3H3,(H,25,26)/t15-,22-/m1/s1. The monoisotopic (exact) mass is 402 g/mol. The molecular weight excluding hydrogens is 376 g/mol. The van der Waals surface area contributed by atoms with Gasteiger partial charge in [-0.2, -0.15) is 0 Å². The van der Waals surface area contributed by atoms with Crippen LogP contribution < -0.4 is 20.1 Å². The van der Waals surface area contributed by atoms with Crippen molar-refractivity contribution in [1.82, 2.24) is 10.6 Å². The maximum atomic E-state index is 12.6. The first-order chi connectivity index (χ1) is 13.4. The Morgan fingerprint density at radius 3 is 2.32 bits per heavy atom. The van der Waals surface area contributed by atoms with Gasteiger partial charge in [0.25, 0.3) is 0 Å². The second kappa shape index (κ2) is 9.30. The number of hydrogen-bond acceptors (Lipinski definition) is 4. The molecule has 0 saturated carbocycles. The molecule has 0 unspecified atom stereocenters. The molecule has 28 heavy (non-hydrogen) atoms. The van der Waals surface area contributed by atoms with E-state index in [0.717, 1.165) is 22.6 Å². The summed E-state index contributed by atoms with van der Waals surface area (Å²) in [7, 11) is 0. The van der Waals surface area contributed by atoms with Gasteiger partial charge in [0.1, 0.15) is 13.2 Å². The Hall–Kier alpha value is -2.24. The summed E-state index contributed by atoms with van der Waals surface area (Å²) in [5, 5.41) is 7.10. The minimum absolute atomic E-state index is 0.0468. The number of ether oxygens (including phenoxy) is 2. The van der Waals surface area contributed by atoms with E-state index in [4.69, 9.17) is 21.1 Å². The summed E-state index contributed by atoms with van der Waals surface area (Å²) in [5.41, 5.74) is 2.10. The predicted molar refractivity (Wildman–Crippen MR) is 111 cm³/mol. The average molecular weight is 403 g/mol. The third-order valence-electron chi connectivity index (χ3n) is 4.85. The van der Waals surface area contributed by atoms with Crippen LogP contribution in [0.1, 0.15) is 44.0 Å². The zero-order chi connectivity index (χ0) is 20.1. The number of halogens is 1. The van der Waals surface area contributed by atoms with E-state index in [9.17, 15) is 4.79 Å². The van der Waals surface area contributed by atoms with Gasteiger partial charge in [-0.1, -0.05) is 43.6 Å². The summed E-state index contributed by atoms with van der Waals surface area (Å²) in [6.07, 6.45) is 0. The summed E-state index contributed by atoms with van der Waals surface area (Å²) in [5.74, 6) is 1.68. The van der Waals surface area contributed by atoms with Crippen LogP contribution in [0.15, 0.2) is 42.5 Å². The number of carbonyl (C=O) groups excluding carboxylic acids is 1. The van der Waals surface area contributed by atoms with E-state index in [0.29, 0.717) is 18.2 Å². The molecule has 1 aliphatic heterocycles. The number of hydrogen-bond donors (Lipinski definition) is 2. The summed E-state index contributed by atoms with van der Waals surface area (Å²) >= 11 is 5.93.